The van der Waals surface area contributed by atoms with Crippen LogP contribution in [0, 0.1) is 11.3 Å². The average molecular weight is 184 g/mol. The summed E-state index contributed by atoms with van der Waals surface area (Å²) in [4.78, 5) is 22.1. The van der Waals surface area contributed by atoms with Gasteiger partial charge in [0.25, 0.3) is 0 Å². The second-order valence-electron chi connectivity index (χ2n) is 4.62. The first-order valence-corrected chi connectivity index (χ1v) is 4.41. The van der Waals surface area contributed by atoms with Crippen molar-refractivity contribution < 1.29 is 9.59 Å². The van der Waals surface area contributed by atoms with E-state index in [0.29, 0.717) is 0 Å². The molecule has 0 aliphatic carbocycles. The molecule has 1 aliphatic heterocycles. The summed E-state index contributed by atoms with van der Waals surface area (Å²) in [5.41, 5.74) is 5.10. The highest BCUT2D eigenvalue weighted by atomic mass is 16.2. The fourth-order valence-corrected chi connectivity index (χ4v) is 1.74. The van der Waals surface area contributed by atoms with E-state index in [-0.39, 0.29) is 29.7 Å². The van der Waals surface area contributed by atoms with Gasteiger partial charge in [0, 0.05) is 12.5 Å². The first-order valence-electron chi connectivity index (χ1n) is 4.41. The molecule has 2 atom stereocenters. The van der Waals surface area contributed by atoms with Gasteiger partial charge >= 0.3 is 0 Å². The van der Waals surface area contributed by atoms with Crippen molar-refractivity contribution in [3.05, 3.63) is 0 Å². The van der Waals surface area contributed by atoms with E-state index >= 15 is 0 Å². The van der Waals surface area contributed by atoms with Crippen LogP contribution in [-0.4, -0.2) is 17.9 Å². The van der Waals surface area contributed by atoms with E-state index in [0.717, 1.165) is 0 Å². The van der Waals surface area contributed by atoms with E-state index in [1.54, 1.807) is 0 Å². The number of amides is 2. The number of hydrogen-bond donors (Lipinski definition) is 2. The zero-order valence-corrected chi connectivity index (χ0v) is 8.26. The van der Waals surface area contributed by atoms with Crippen molar-refractivity contribution in [1.82, 2.24) is 5.32 Å². The van der Waals surface area contributed by atoms with Crippen LogP contribution >= 0.6 is 0 Å². The standard InChI is InChI=1S/C9H16N2O2/c1-9(2,3)7-5(8(10)13)4-6(12)11-7/h5,7H,4H2,1-3H3,(H2,10,13)(H,11,12). The van der Waals surface area contributed by atoms with E-state index in [1.807, 2.05) is 20.8 Å². The van der Waals surface area contributed by atoms with Crippen molar-refractivity contribution in [2.75, 3.05) is 0 Å². The molecule has 1 fully saturated rings. The molecular weight excluding hydrogens is 168 g/mol. The number of nitrogens with two attached hydrogens (primary N) is 1. The van der Waals surface area contributed by atoms with Gasteiger partial charge in [0.1, 0.15) is 0 Å². The Bertz CT molecular complexity index is 242. The molecule has 1 heterocycles. The van der Waals surface area contributed by atoms with Crippen LogP contribution in [0.15, 0.2) is 0 Å². The molecule has 4 heteroatoms. The normalized spacial score (nSPS) is 28.7. The molecule has 3 N–H and O–H groups in total. The highest BCUT2D eigenvalue weighted by Crippen LogP contribution is 2.30. The number of rotatable bonds is 1. The summed E-state index contributed by atoms with van der Waals surface area (Å²) in [6, 6.07) is -0.127. The Hall–Kier alpha value is -1.06. The molecule has 2 unspecified atom stereocenters. The Morgan fingerprint density at radius 3 is 2.38 bits per heavy atom. The van der Waals surface area contributed by atoms with E-state index in [9.17, 15) is 9.59 Å². The lowest BCUT2D eigenvalue weighted by molar-refractivity contribution is -0.124. The van der Waals surface area contributed by atoms with Crippen molar-refractivity contribution in [1.29, 1.82) is 0 Å². The van der Waals surface area contributed by atoms with Crippen LogP contribution < -0.4 is 11.1 Å². The van der Waals surface area contributed by atoms with Crippen LogP contribution in [0.4, 0.5) is 0 Å². The summed E-state index contributed by atoms with van der Waals surface area (Å²) in [7, 11) is 0. The molecule has 4 nitrogen and oxygen atoms in total. The SMILES string of the molecule is CC(C)(C)C1NC(=O)CC1C(N)=O. The minimum Gasteiger partial charge on any atom is -0.369 e. The molecule has 0 spiro atoms. The molecule has 13 heavy (non-hydrogen) atoms. The third-order valence-electron chi connectivity index (χ3n) is 2.42. The van der Waals surface area contributed by atoms with E-state index in [1.165, 1.54) is 0 Å². The minimum absolute atomic E-state index is 0.0799. The molecule has 1 saturated heterocycles. The Balaban J connectivity index is 2.84. The topological polar surface area (TPSA) is 72.2 Å². The van der Waals surface area contributed by atoms with Gasteiger partial charge in [0.05, 0.1) is 5.92 Å². The Morgan fingerprint density at radius 2 is 2.08 bits per heavy atom. The largest absolute Gasteiger partial charge is 0.369 e. The van der Waals surface area contributed by atoms with Gasteiger partial charge in [0.2, 0.25) is 11.8 Å². The third-order valence-corrected chi connectivity index (χ3v) is 2.42. The maximum absolute atomic E-state index is 11.1. The van der Waals surface area contributed by atoms with Crippen LogP contribution in [0.3, 0.4) is 0 Å². The highest BCUT2D eigenvalue weighted by Gasteiger charge is 2.42. The maximum Gasteiger partial charge on any atom is 0.223 e. The van der Waals surface area contributed by atoms with Gasteiger partial charge in [-0.1, -0.05) is 20.8 Å². The second-order valence-corrected chi connectivity index (χ2v) is 4.62. The minimum atomic E-state index is -0.390. The average Bonchev–Trinajstić information content (AvgIpc) is 2.29. The van der Waals surface area contributed by atoms with Crippen LogP contribution in [0.5, 0.6) is 0 Å². The highest BCUT2D eigenvalue weighted by molar-refractivity contribution is 5.89. The zero-order valence-electron chi connectivity index (χ0n) is 8.26. The van der Waals surface area contributed by atoms with Gasteiger partial charge in [-0.25, -0.2) is 0 Å². The molecule has 0 aromatic heterocycles. The molecule has 2 amide bonds. The quantitative estimate of drug-likeness (QED) is 0.603. The predicted molar refractivity (Wildman–Crippen MR) is 48.7 cm³/mol. The van der Waals surface area contributed by atoms with Gasteiger partial charge in [-0.15, -0.1) is 0 Å². The maximum atomic E-state index is 11.1. The van der Waals surface area contributed by atoms with Crippen LogP contribution in [0.2, 0.25) is 0 Å². The van der Waals surface area contributed by atoms with E-state index < -0.39 is 5.91 Å². The van der Waals surface area contributed by atoms with Crippen molar-refractivity contribution in [2.45, 2.75) is 33.2 Å². The lowest BCUT2D eigenvalue weighted by Crippen LogP contribution is -2.44. The van der Waals surface area contributed by atoms with Gasteiger partial charge in [0.15, 0.2) is 0 Å². The fourth-order valence-electron chi connectivity index (χ4n) is 1.74. The molecule has 0 saturated carbocycles. The number of carbonyl (C=O) groups is 2. The van der Waals surface area contributed by atoms with Crippen LogP contribution in [0.25, 0.3) is 0 Å². The first-order chi connectivity index (χ1) is 5.82. The lowest BCUT2D eigenvalue weighted by Gasteiger charge is -2.30. The van der Waals surface area contributed by atoms with Gasteiger partial charge in [-0.05, 0) is 5.41 Å². The molecule has 0 aromatic rings. The molecule has 74 valence electrons. The molecule has 0 bridgehead atoms. The molecule has 0 radical (unpaired) electrons. The molecule has 0 aromatic carbocycles. The Kier molecular flexibility index (Phi) is 2.32. The van der Waals surface area contributed by atoms with Gasteiger partial charge < -0.3 is 11.1 Å². The number of primary amides is 1. The van der Waals surface area contributed by atoms with Crippen molar-refractivity contribution in [3.63, 3.8) is 0 Å². The van der Waals surface area contributed by atoms with Crippen molar-refractivity contribution in [2.24, 2.45) is 17.1 Å². The first kappa shape index (κ1) is 10.0. The molecular formula is C9H16N2O2. The summed E-state index contributed by atoms with van der Waals surface area (Å²) in [6.07, 6.45) is 0.233. The number of hydrogen-bond acceptors (Lipinski definition) is 2. The van der Waals surface area contributed by atoms with Crippen molar-refractivity contribution >= 4 is 11.8 Å². The summed E-state index contributed by atoms with van der Waals surface area (Å²) < 4.78 is 0. The smallest absolute Gasteiger partial charge is 0.223 e. The zero-order chi connectivity index (χ0) is 10.2. The Morgan fingerprint density at radius 1 is 1.54 bits per heavy atom. The number of carbonyl (C=O) groups excluding carboxylic acids is 2. The van der Waals surface area contributed by atoms with Crippen molar-refractivity contribution in [3.8, 4) is 0 Å². The monoisotopic (exact) mass is 184 g/mol. The lowest BCUT2D eigenvalue weighted by atomic mass is 9.80. The van der Waals surface area contributed by atoms with Crippen LogP contribution in [-0.2, 0) is 9.59 Å². The van der Waals surface area contributed by atoms with Gasteiger partial charge in [-0.3, -0.25) is 9.59 Å². The summed E-state index contributed by atoms with van der Waals surface area (Å²) in [5.74, 6) is -0.825. The molecule has 1 aliphatic rings. The predicted octanol–water partition coefficient (Wildman–Crippen LogP) is 0.0225. The summed E-state index contributed by atoms with van der Waals surface area (Å²) in [5, 5.41) is 2.79. The van der Waals surface area contributed by atoms with E-state index in [4.69, 9.17) is 5.73 Å². The van der Waals surface area contributed by atoms with E-state index in [2.05, 4.69) is 5.32 Å². The summed E-state index contributed by atoms with van der Waals surface area (Å²) >= 11 is 0. The number of nitrogens with one attached hydrogen (secondary N) is 1. The third kappa shape index (κ3) is 1.99. The summed E-state index contributed by atoms with van der Waals surface area (Å²) in [6.45, 7) is 5.96. The van der Waals surface area contributed by atoms with Crippen LogP contribution in [0.1, 0.15) is 27.2 Å². The fraction of sp³-hybridized carbons (Fsp3) is 0.778. The second kappa shape index (κ2) is 3.01. The van der Waals surface area contributed by atoms with Gasteiger partial charge in [-0.2, -0.15) is 0 Å². The Labute approximate surface area is 77.9 Å². The molecule has 1 rings (SSSR count).